The lowest BCUT2D eigenvalue weighted by Gasteiger charge is -2.12. The molecule has 22 heavy (non-hydrogen) atoms. The second-order valence-electron chi connectivity index (χ2n) is 4.28. The van der Waals surface area contributed by atoms with Crippen molar-refractivity contribution in [2.45, 2.75) is 6.18 Å². The van der Waals surface area contributed by atoms with Gasteiger partial charge < -0.3 is 5.32 Å². The monoisotopic (exact) mass is 335 g/mol. The Morgan fingerprint density at radius 3 is 2.27 bits per heavy atom. The first kappa shape index (κ1) is 16.2. The molecule has 0 aromatic heterocycles. The van der Waals surface area contributed by atoms with Crippen molar-refractivity contribution in [2.24, 2.45) is 0 Å². The van der Waals surface area contributed by atoms with Crippen LogP contribution >= 0.6 is 11.6 Å². The van der Waals surface area contributed by atoms with Gasteiger partial charge in [-0.2, -0.15) is 13.2 Å². The fraction of sp³-hybridized carbons (Fsp3) is 0.0714. The van der Waals surface area contributed by atoms with E-state index in [0.29, 0.717) is 12.1 Å². The maximum absolute atomic E-state index is 13.0. The van der Waals surface area contributed by atoms with E-state index in [2.05, 4.69) is 5.32 Å². The molecule has 0 bridgehead atoms. The van der Waals surface area contributed by atoms with Gasteiger partial charge in [0.25, 0.3) is 5.91 Å². The Kier molecular flexibility index (Phi) is 4.37. The van der Waals surface area contributed by atoms with Crippen LogP contribution in [0.3, 0.4) is 0 Å². The molecular formula is C14H7ClF5NO. The summed E-state index contributed by atoms with van der Waals surface area (Å²) in [5.41, 5.74) is -1.52. The quantitative estimate of drug-likeness (QED) is 0.778. The average Bonchev–Trinajstić information content (AvgIpc) is 2.42. The molecule has 1 amide bonds. The molecule has 8 heteroatoms. The van der Waals surface area contributed by atoms with E-state index < -0.39 is 34.3 Å². The lowest BCUT2D eigenvalue weighted by atomic mass is 10.1. The molecule has 0 aliphatic carbocycles. The molecule has 1 N–H and O–H groups in total. The van der Waals surface area contributed by atoms with Crippen LogP contribution < -0.4 is 5.32 Å². The highest BCUT2D eigenvalue weighted by Gasteiger charge is 2.33. The van der Waals surface area contributed by atoms with E-state index in [0.717, 1.165) is 24.3 Å². The third-order valence-electron chi connectivity index (χ3n) is 2.71. The average molecular weight is 336 g/mol. The highest BCUT2D eigenvalue weighted by atomic mass is 35.5. The van der Waals surface area contributed by atoms with Gasteiger partial charge >= 0.3 is 6.18 Å². The fourth-order valence-electron chi connectivity index (χ4n) is 1.66. The van der Waals surface area contributed by atoms with Crippen LogP contribution in [0.15, 0.2) is 36.4 Å². The minimum atomic E-state index is -4.68. The molecule has 2 aromatic carbocycles. The molecule has 0 saturated heterocycles. The van der Waals surface area contributed by atoms with Crippen LogP contribution in [0.4, 0.5) is 27.6 Å². The first-order valence-corrected chi connectivity index (χ1v) is 6.19. The zero-order chi connectivity index (χ0) is 16.5. The van der Waals surface area contributed by atoms with Crippen molar-refractivity contribution in [3.8, 4) is 0 Å². The van der Waals surface area contributed by atoms with Gasteiger partial charge in [-0.3, -0.25) is 4.79 Å². The largest absolute Gasteiger partial charge is 0.417 e. The number of hydrogen-bond donors (Lipinski definition) is 1. The highest BCUT2D eigenvalue weighted by Crippen LogP contribution is 2.36. The van der Waals surface area contributed by atoms with Crippen LogP contribution in [0.5, 0.6) is 0 Å². The Labute approximate surface area is 126 Å². The minimum Gasteiger partial charge on any atom is -0.322 e. The molecular weight excluding hydrogens is 329 g/mol. The number of anilines is 1. The Balaban J connectivity index is 2.27. The van der Waals surface area contributed by atoms with Gasteiger partial charge in [0, 0.05) is 11.3 Å². The third-order valence-corrected chi connectivity index (χ3v) is 3.04. The van der Waals surface area contributed by atoms with Crippen molar-refractivity contribution in [3.63, 3.8) is 0 Å². The second kappa shape index (κ2) is 5.92. The van der Waals surface area contributed by atoms with Crippen molar-refractivity contribution in [1.29, 1.82) is 0 Å². The molecule has 0 aliphatic heterocycles. The van der Waals surface area contributed by atoms with Gasteiger partial charge in [0.15, 0.2) is 11.6 Å². The number of carbonyl (C=O) groups excluding carboxylic acids is 1. The van der Waals surface area contributed by atoms with E-state index >= 15 is 0 Å². The number of hydrogen-bond acceptors (Lipinski definition) is 1. The van der Waals surface area contributed by atoms with Crippen molar-refractivity contribution in [1.82, 2.24) is 0 Å². The molecule has 116 valence electrons. The Morgan fingerprint density at radius 1 is 1.00 bits per heavy atom. The summed E-state index contributed by atoms with van der Waals surface area (Å²) in [6.45, 7) is 0. The smallest absolute Gasteiger partial charge is 0.322 e. The van der Waals surface area contributed by atoms with Crippen LogP contribution in [0, 0.1) is 11.6 Å². The number of benzene rings is 2. The van der Waals surface area contributed by atoms with Crippen molar-refractivity contribution >= 4 is 23.2 Å². The summed E-state index contributed by atoms with van der Waals surface area (Å²) in [4.78, 5) is 11.8. The van der Waals surface area contributed by atoms with Crippen LogP contribution in [0.1, 0.15) is 15.9 Å². The molecule has 0 saturated carbocycles. The number of amides is 1. The Hall–Kier alpha value is -2.15. The summed E-state index contributed by atoms with van der Waals surface area (Å²) in [6, 6.07) is 5.19. The maximum atomic E-state index is 13.0. The third kappa shape index (κ3) is 3.54. The fourth-order valence-corrected chi connectivity index (χ4v) is 1.89. The van der Waals surface area contributed by atoms with Gasteiger partial charge in [0.05, 0.1) is 10.6 Å². The van der Waals surface area contributed by atoms with Gasteiger partial charge in [-0.15, -0.1) is 0 Å². The topological polar surface area (TPSA) is 29.1 Å². The molecule has 2 aromatic rings. The normalized spacial score (nSPS) is 11.4. The molecule has 0 atom stereocenters. The van der Waals surface area contributed by atoms with Crippen LogP contribution in [0.2, 0.25) is 5.02 Å². The standard InChI is InChI=1S/C14H7ClF5NO/c15-10-3-2-8(6-9(10)14(18,19)20)21-13(22)7-1-4-11(16)12(17)5-7/h1-6H,(H,21,22). The van der Waals surface area contributed by atoms with E-state index in [9.17, 15) is 26.7 Å². The summed E-state index contributed by atoms with van der Waals surface area (Å²) in [6.07, 6.45) is -4.68. The lowest BCUT2D eigenvalue weighted by Crippen LogP contribution is -2.14. The number of rotatable bonds is 2. The van der Waals surface area contributed by atoms with Crippen molar-refractivity contribution in [3.05, 3.63) is 64.2 Å². The number of nitrogens with one attached hydrogen (secondary N) is 1. The molecule has 2 rings (SSSR count). The van der Waals surface area contributed by atoms with E-state index in [1.54, 1.807) is 0 Å². The molecule has 2 nitrogen and oxygen atoms in total. The Bertz CT molecular complexity index is 730. The maximum Gasteiger partial charge on any atom is 0.417 e. The first-order valence-electron chi connectivity index (χ1n) is 5.81. The van der Waals surface area contributed by atoms with Crippen molar-refractivity contribution in [2.75, 3.05) is 5.32 Å². The number of halogens is 6. The highest BCUT2D eigenvalue weighted by molar-refractivity contribution is 6.31. The van der Waals surface area contributed by atoms with Crippen LogP contribution in [0.25, 0.3) is 0 Å². The molecule has 0 fully saturated rings. The van der Waals surface area contributed by atoms with E-state index in [1.165, 1.54) is 0 Å². The second-order valence-corrected chi connectivity index (χ2v) is 4.68. The zero-order valence-electron chi connectivity index (χ0n) is 10.6. The summed E-state index contributed by atoms with van der Waals surface area (Å²) in [7, 11) is 0. The minimum absolute atomic E-state index is 0.175. The lowest BCUT2D eigenvalue weighted by molar-refractivity contribution is -0.137. The molecule has 0 heterocycles. The molecule has 0 spiro atoms. The van der Waals surface area contributed by atoms with Gasteiger partial charge in [-0.1, -0.05) is 11.6 Å². The van der Waals surface area contributed by atoms with E-state index in [1.807, 2.05) is 0 Å². The van der Waals surface area contributed by atoms with Crippen molar-refractivity contribution < 1.29 is 26.7 Å². The Morgan fingerprint density at radius 2 is 1.68 bits per heavy atom. The van der Waals surface area contributed by atoms with Gasteiger partial charge in [-0.05, 0) is 36.4 Å². The predicted molar refractivity (Wildman–Crippen MR) is 70.8 cm³/mol. The number of alkyl halides is 3. The molecule has 0 aliphatic rings. The SMILES string of the molecule is O=C(Nc1ccc(Cl)c(C(F)(F)F)c1)c1ccc(F)c(F)c1. The number of carbonyl (C=O) groups is 1. The molecule has 0 unspecified atom stereocenters. The van der Waals surface area contributed by atoms with Gasteiger partial charge in [0.2, 0.25) is 0 Å². The predicted octanol–water partition coefficient (Wildman–Crippen LogP) is 4.89. The summed E-state index contributed by atoms with van der Waals surface area (Å²) in [5, 5.41) is 1.64. The summed E-state index contributed by atoms with van der Waals surface area (Å²) < 4.78 is 63.9. The summed E-state index contributed by atoms with van der Waals surface area (Å²) >= 11 is 5.45. The van der Waals surface area contributed by atoms with Gasteiger partial charge in [0.1, 0.15) is 0 Å². The van der Waals surface area contributed by atoms with Crippen LogP contribution in [-0.4, -0.2) is 5.91 Å². The zero-order valence-corrected chi connectivity index (χ0v) is 11.4. The van der Waals surface area contributed by atoms with Gasteiger partial charge in [-0.25, -0.2) is 8.78 Å². The summed E-state index contributed by atoms with van der Waals surface area (Å²) in [5.74, 6) is -3.25. The molecule has 0 radical (unpaired) electrons. The first-order chi connectivity index (χ1) is 10.2. The van der Waals surface area contributed by atoms with Crippen LogP contribution in [-0.2, 0) is 6.18 Å². The van der Waals surface area contributed by atoms with E-state index in [4.69, 9.17) is 11.6 Å². The van der Waals surface area contributed by atoms with E-state index in [-0.39, 0.29) is 11.3 Å².